The minimum Gasteiger partial charge on any atom is -0.494 e. The zero-order valence-corrected chi connectivity index (χ0v) is 15.3. The second-order valence-corrected chi connectivity index (χ2v) is 7.13. The van der Waals surface area contributed by atoms with Crippen LogP contribution in [-0.2, 0) is 6.54 Å². The van der Waals surface area contributed by atoms with E-state index in [0.717, 1.165) is 30.0 Å². The topological polar surface area (TPSA) is 57.1 Å². The van der Waals surface area contributed by atoms with Gasteiger partial charge in [-0.05, 0) is 36.8 Å². The van der Waals surface area contributed by atoms with Crippen molar-refractivity contribution >= 4 is 17.7 Å². The molecule has 0 aromatic heterocycles. The average molecular weight is 355 g/mol. The normalized spacial score (nSPS) is 21.0. The number of hydrogen-bond acceptors (Lipinski definition) is 4. The molecule has 2 rings (SSSR count). The Bertz CT molecular complexity index is 577. The maximum atomic E-state index is 13.8. The molecule has 1 unspecified atom stereocenters. The molecule has 0 bridgehead atoms. The van der Waals surface area contributed by atoms with Crippen molar-refractivity contribution in [3.8, 4) is 5.75 Å². The first-order valence-electron chi connectivity index (χ1n) is 8.09. The third-order valence-electron chi connectivity index (χ3n) is 3.94. The van der Waals surface area contributed by atoms with Gasteiger partial charge in [0, 0.05) is 25.9 Å². The van der Waals surface area contributed by atoms with Crippen LogP contribution in [0.5, 0.6) is 5.75 Å². The van der Waals surface area contributed by atoms with Crippen LogP contribution in [0.2, 0.25) is 0 Å². The van der Waals surface area contributed by atoms with Gasteiger partial charge in [0.15, 0.2) is 17.5 Å². The van der Waals surface area contributed by atoms with Crippen molar-refractivity contribution in [1.29, 1.82) is 0 Å². The molecular formula is C17H26FN3O2S. The van der Waals surface area contributed by atoms with Crippen LogP contribution in [0.4, 0.5) is 4.39 Å². The monoisotopic (exact) mass is 355 g/mol. The van der Waals surface area contributed by atoms with Crippen LogP contribution in [0.3, 0.4) is 0 Å². The van der Waals surface area contributed by atoms with Crippen molar-refractivity contribution in [3.05, 3.63) is 29.6 Å². The summed E-state index contributed by atoms with van der Waals surface area (Å²) in [5, 5.41) is 13.7. The quantitative estimate of drug-likeness (QED) is 0.605. The maximum absolute atomic E-state index is 13.8. The molecule has 1 aromatic rings. The first-order valence-corrected chi connectivity index (χ1v) is 9.25. The molecule has 0 spiro atoms. The van der Waals surface area contributed by atoms with Crippen LogP contribution in [0, 0.1) is 5.82 Å². The lowest BCUT2D eigenvalue weighted by Crippen LogP contribution is -2.41. The Morgan fingerprint density at radius 1 is 1.54 bits per heavy atom. The molecule has 5 nitrogen and oxygen atoms in total. The Morgan fingerprint density at radius 3 is 2.92 bits per heavy atom. The van der Waals surface area contributed by atoms with Crippen LogP contribution in [0.1, 0.15) is 18.9 Å². The summed E-state index contributed by atoms with van der Waals surface area (Å²) in [6, 6.07) is 4.93. The highest BCUT2D eigenvalue weighted by Gasteiger charge is 2.31. The molecule has 1 fully saturated rings. The molecule has 1 heterocycles. The second-order valence-electron chi connectivity index (χ2n) is 6.02. The largest absolute Gasteiger partial charge is 0.494 e. The smallest absolute Gasteiger partial charge is 0.194 e. The summed E-state index contributed by atoms with van der Waals surface area (Å²) in [5.41, 5.74) is 0.120. The van der Waals surface area contributed by atoms with Crippen LogP contribution in [0.15, 0.2) is 23.2 Å². The molecule has 134 valence electrons. The van der Waals surface area contributed by atoms with Gasteiger partial charge >= 0.3 is 0 Å². The van der Waals surface area contributed by atoms with Gasteiger partial charge in [0.1, 0.15) is 0 Å². The third-order valence-corrected chi connectivity index (χ3v) is 5.17. The summed E-state index contributed by atoms with van der Waals surface area (Å²) < 4.78 is 18.8. The Balaban J connectivity index is 2.05. The van der Waals surface area contributed by atoms with Gasteiger partial charge in [-0.15, -0.1) is 0 Å². The van der Waals surface area contributed by atoms with E-state index in [-0.39, 0.29) is 11.6 Å². The van der Waals surface area contributed by atoms with Gasteiger partial charge in [0.05, 0.1) is 19.3 Å². The van der Waals surface area contributed by atoms with Gasteiger partial charge in [-0.25, -0.2) is 4.39 Å². The number of ether oxygens (including phenoxy) is 1. The molecule has 1 aliphatic heterocycles. The van der Waals surface area contributed by atoms with E-state index in [0.29, 0.717) is 19.0 Å². The van der Waals surface area contributed by atoms with E-state index in [1.54, 1.807) is 17.8 Å². The molecule has 24 heavy (non-hydrogen) atoms. The van der Waals surface area contributed by atoms with E-state index in [1.807, 2.05) is 24.9 Å². The molecule has 7 heteroatoms. The molecule has 0 aliphatic carbocycles. The fraction of sp³-hybridized carbons (Fsp3) is 0.588. The first-order chi connectivity index (χ1) is 11.5. The Kier molecular flexibility index (Phi) is 6.74. The molecule has 1 aromatic carbocycles. The summed E-state index contributed by atoms with van der Waals surface area (Å²) in [4.78, 5) is 6.50. The zero-order valence-electron chi connectivity index (χ0n) is 14.5. The Morgan fingerprint density at radius 2 is 2.33 bits per heavy atom. The highest BCUT2D eigenvalue weighted by atomic mass is 32.2. The van der Waals surface area contributed by atoms with Gasteiger partial charge in [-0.1, -0.05) is 6.07 Å². The molecule has 1 aliphatic rings. The van der Waals surface area contributed by atoms with E-state index in [2.05, 4.69) is 10.3 Å². The van der Waals surface area contributed by atoms with Crippen molar-refractivity contribution in [2.24, 2.45) is 4.99 Å². The fourth-order valence-corrected chi connectivity index (χ4v) is 3.85. The lowest BCUT2D eigenvalue weighted by Gasteiger charge is -2.25. The summed E-state index contributed by atoms with van der Waals surface area (Å²) in [6.07, 6.45) is 0.772. The Hall–Kier alpha value is -1.47. The number of rotatable bonds is 6. The predicted octanol–water partition coefficient (Wildman–Crippen LogP) is 2.10. The molecule has 0 radical (unpaired) electrons. The number of methoxy groups -OCH3 is 1. The molecule has 2 N–H and O–H groups in total. The number of nitrogens with zero attached hydrogens (tertiary/aromatic N) is 2. The van der Waals surface area contributed by atoms with E-state index in [1.165, 1.54) is 13.2 Å². The van der Waals surface area contributed by atoms with Crippen molar-refractivity contribution in [2.75, 3.05) is 38.8 Å². The van der Waals surface area contributed by atoms with Gasteiger partial charge < -0.3 is 20.1 Å². The maximum Gasteiger partial charge on any atom is 0.194 e. The van der Waals surface area contributed by atoms with Gasteiger partial charge in [0.25, 0.3) is 0 Å². The number of aliphatic imine (C=N–C) groups is 1. The van der Waals surface area contributed by atoms with Crippen LogP contribution >= 0.6 is 11.8 Å². The average Bonchev–Trinajstić information content (AvgIpc) is 2.98. The highest BCUT2D eigenvalue weighted by molar-refractivity contribution is 7.99. The zero-order chi connectivity index (χ0) is 17.6. The number of thioether (sulfide) groups is 1. The number of benzene rings is 1. The van der Waals surface area contributed by atoms with Crippen molar-refractivity contribution in [1.82, 2.24) is 10.2 Å². The van der Waals surface area contributed by atoms with Gasteiger partial charge in [-0.3, -0.25) is 4.99 Å². The molecule has 1 atom stereocenters. The lowest BCUT2D eigenvalue weighted by molar-refractivity contribution is 0.0776. The Labute approximate surface area is 147 Å². The third kappa shape index (κ3) is 5.01. The van der Waals surface area contributed by atoms with Gasteiger partial charge in [0.2, 0.25) is 0 Å². The minimum atomic E-state index is -0.710. The predicted molar refractivity (Wildman–Crippen MR) is 97.3 cm³/mol. The van der Waals surface area contributed by atoms with Crippen LogP contribution in [0.25, 0.3) is 0 Å². The molecule has 1 saturated heterocycles. The van der Waals surface area contributed by atoms with Crippen LogP contribution < -0.4 is 10.1 Å². The van der Waals surface area contributed by atoms with E-state index >= 15 is 0 Å². The molecule has 0 saturated carbocycles. The standard InChI is InChI=1S/C17H26FN3O2S/c1-4-19-16(20-11-17(22)7-8-24-12-17)21(2)10-13-5-6-15(23-3)14(18)9-13/h5-6,9,22H,4,7-8,10-12H2,1-3H3,(H,19,20). The van der Waals surface area contributed by atoms with E-state index in [4.69, 9.17) is 4.74 Å². The van der Waals surface area contributed by atoms with Crippen LogP contribution in [-0.4, -0.2) is 60.3 Å². The minimum absolute atomic E-state index is 0.239. The summed E-state index contributed by atoms with van der Waals surface area (Å²) in [5.74, 6) is 2.27. The fourth-order valence-electron chi connectivity index (χ4n) is 2.57. The second kappa shape index (κ2) is 8.58. The van der Waals surface area contributed by atoms with Crippen molar-refractivity contribution in [3.63, 3.8) is 0 Å². The van der Waals surface area contributed by atoms with Crippen molar-refractivity contribution < 1.29 is 14.2 Å². The molecular weight excluding hydrogens is 329 g/mol. The number of halogens is 1. The molecule has 0 amide bonds. The van der Waals surface area contributed by atoms with E-state index < -0.39 is 5.60 Å². The van der Waals surface area contributed by atoms with Gasteiger partial charge in [-0.2, -0.15) is 11.8 Å². The summed E-state index contributed by atoms with van der Waals surface area (Å²) in [7, 11) is 3.35. The number of hydrogen-bond donors (Lipinski definition) is 2. The first kappa shape index (κ1) is 18.9. The summed E-state index contributed by atoms with van der Waals surface area (Å²) in [6.45, 7) is 3.62. The summed E-state index contributed by atoms with van der Waals surface area (Å²) >= 11 is 1.76. The SMILES string of the molecule is CCNC(=NCC1(O)CCSC1)N(C)Cc1ccc(OC)c(F)c1. The van der Waals surface area contributed by atoms with Crippen molar-refractivity contribution in [2.45, 2.75) is 25.5 Å². The highest BCUT2D eigenvalue weighted by Crippen LogP contribution is 2.28. The number of nitrogens with one attached hydrogen (secondary N) is 1. The number of aliphatic hydroxyl groups is 1. The number of guanidine groups is 1. The van der Waals surface area contributed by atoms with E-state index in [9.17, 15) is 9.50 Å². The lowest BCUT2D eigenvalue weighted by atomic mass is 10.0.